The summed E-state index contributed by atoms with van der Waals surface area (Å²) in [5.41, 5.74) is 1.90. The van der Waals surface area contributed by atoms with Crippen molar-refractivity contribution in [3.8, 4) is 0 Å². The summed E-state index contributed by atoms with van der Waals surface area (Å²) in [5.74, 6) is -2.78. The number of benzene rings is 3. The zero-order valence-electron chi connectivity index (χ0n) is 20.0. The number of rotatable bonds is 11. The molecule has 35 heavy (non-hydrogen) atoms. The lowest BCUT2D eigenvalue weighted by Crippen LogP contribution is -2.45. The summed E-state index contributed by atoms with van der Waals surface area (Å²) in [6.07, 6.45) is -0.0719. The summed E-state index contributed by atoms with van der Waals surface area (Å²) in [6.45, 7) is 3.50. The van der Waals surface area contributed by atoms with E-state index in [9.17, 15) is 19.5 Å². The van der Waals surface area contributed by atoms with Gasteiger partial charge in [0.25, 0.3) is 0 Å². The van der Waals surface area contributed by atoms with Crippen LogP contribution in [0.4, 0.5) is 0 Å². The number of nitrogens with one attached hydrogen (secondary N) is 1. The second-order valence-electron chi connectivity index (χ2n) is 8.53. The zero-order chi connectivity index (χ0) is 25.3. The van der Waals surface area contributed by atoms with Gasteiger partial charge in [-0.05, 0) is 30.0 Å². The molecule has 3 aromatic rings. The predicted octanol–water partition coefficient (Wildman–Crippen LogP) is 4.57. The summed E-state index contributed by atoms with van der Waals surface area (Å²) in [4.78, 5) is 37.5. The molecule has 0 aliphatic heterocycles. The topological polar surface area (TPSA) is 92.7 Å². The van der Waals surface area contributed by atoms with Gasteiger partial charge in [-0.1, -0.05) is 97.9 Å². The van der Waals surface area contributed by atoms with Crippen molar-refractivity contribution in [1.82, 2.24) is 5.32 Å². The molecule has 2 atom stereocenters. The first-order chi connectivity index (χ1) is 16.9. The Kier molecular flexibility index (Phi) is 8.79. The van der Waals surface area contributed by atoms with E-state index in [0.717, 1.165) is 16.7 Å². The highest BCUT2D eigenvalue weighted by Gasteiger charge is 2.39. The van der Waals surface area contributed by atoms with E-state index in [1.54, 1.807) is 13.8 Å². The first kappa shape index (κ1) is 25.7. The standard InChI is InChI=1S/C29H31NO5/c1-3-35-28(34)21(2)19-25(27(32)33)30-26(31)20-29(22-13-7-4-8-14-22,23-15-9-5-10-16-23)24-17-11-6-12-18-24/h4-18,21,25H,3,19-20H2,1-2H3,(H,30,31)(H,32,33)/t21-,25+/m1/s1. The molecule has 3 aromatic carbocycles. The van der Waals surface area contributed by atoms with Gasteiger partial charge in [0.1, 0.15) is 6.04 Å². The minimum atomic E-state index is -1.22. The quantitative estimate of drug-likeness (QED) is 0.314. The number of carbonyl (C=O) groups is 3. The number of carboxylic acids is 1. The SMILES string of the molecule is CCOC(=O)[C@H](C)C[C@H](NC(=O)CC(c1ccccc1)(c1ccccc1)c1ccccc1)C(=O)O. The van der Waals surface area contributed by atoms with Crippen LogP contribution in [-0.4, -0.2) is 35.6 Å². The van der Waals surface area contributed by atoms with Crippen molar-refractivity contribution in [3.63, 3.8) is 0 Å². The summed E-state index contributed by atoms with van der Waals surface area (Å²) in [7, 11) is 0. The summed E-state index contributed by atoms with van der Waals surface area (Å²) in [5, 5.41) is 12.4. The largest absolute Gasteiger partial charge is 0.480 e. The van der Waals surface area contributed by atoms with Crippen LogP contribution < -0.4 is 5.32 Å². The Hall–Kier alpha value is -3.93. The number of carboxylic acid groups (broad SMARTS) is 1. The Morgan fingerprint density at radius 2 is 1.26 bits per heavy atom. The van der Waals surface area contributed by atoms with Crippen molar-refractivity contribution in [1.29, 1.82) is 0 Å². The van der Waals surface area contributed by atoms with Gasteiger partial charge in [0, 0.05) is 6.42 Å². The van der Waals surface area contributed by atoms with Crippen molar-refractivity contribution in [2.24, 2.45) is 5.92 Å². The zero-order valence-corrected chi connectivity index (χ0v) is 20.0. The van der Waals surface area contributed by atoms with Crippen LogP contribution in [0, 0.1) is 5.92 Å². The molecule has 0 heterocycles. The van der Waals surface area contributed by atoms with Crippen LogP contribution in [0.25, 0.3) is 0 Å². The number of hydrogen-bond donors (Lipinski definition) is 2. The molecule has 0 bridgehead atoms. The predicted molar refractivity (Wildman–Crippen MR) is 134 cm³/mol. The number of carbonyl (C=O) groups excluding carboxylic acids is 2. The number of ether oxygens (including phenoxy) is 1. The lowest BCUT2D eigenvalue weighted by molar-refractivity contribution is -0.149. The first-order valence-electron chi connectivity index (χ1n) is 11.7. The highest BCUT2D eigenvalue weighted by molar-refractivity contribution is 5.86. The Morgan fingerprint density at radius 1 is 0.829 bits per heavy atom. The maximum atomic E-state index is 13.5. The van der Waals surface area contributed by atoms with Gasteiger partial charge < -0.3 is 15.2 Å². The second-order valence-corrected chi connectivity index (χ2v) is 8.53. The highest BCUT2D eigenvalue weighted by Crippen LogP contribution is 2.42. The molecular formula is C29H31NO5. The van der Waals surface area contributed by atoms with Gasteiger partial charge in [-0.3, -0.25) is 9.59 Å². The average Bonchev–Trinajstić information content (AvgIpc) is 2.88. The third-order valence-corrected chi connectivity index (χ3v) is 6.14. The molecular weight excluding hydrogens is 442 g/mol. The van der Waals surface area contributed by atoms with Crippen LogP contribution in [-0.2, 0) is 24.5 Å². The van der Waals surface area contributed by atoms with E-state index < -0.39 is 35.2 Å². The van der Waals surface area contributed by atoms with Gasteiger partial charge in [0.2, 0.25) is 5.91 Å². The van der Waals surface area contributed by atoms with E-state index in [0.29, 0.717) is 0 Å². The van der Waals surface area contributed by atoms with Crippen LogP contribution >= 0.6 is 0 Å². The first-order valence-corrected chi connectivity index (χ1v) is 11.7. The van der Waals surface area contributed by atoms with Gasteiger partial charge in [-0.15, -0.1) is 0 Å². The molecule has 6 heteroatoms. The molecule has 6 nitrogen and oxygen atoms in total. The van der Waals surface area contributed by atoms with Gasteiger partial charge in [-0.2, -0.15) is 0 Å². The van der Waals surface area contributed by atoms with Crippen LogP contribution in [0.2, 0.25) is 0 Å². The molecule has 0 saturated carbocycles. The molecule has 3 rings (SSSR count). The molecule has 0 fully saturated rings. The smallest absolute Gasteiger partial charge is 0.326 e. The summed E-state index contributed by atoms with van der Waals surface area (Å²) >= 11 is 0. The molecule has 0 saturated heterocycles. The van der Waals surface area contributed by atoms with E-state index >= 15 is 0 Å². The summed E-state index contributed by atoms with van der Waals surface area (Å²) < 4.78 is 5.00. The second kappa shape index (κ2) is 12.0. The van der Waals surface area contributed by atoms with Gasteiger partial charge in [-0.25, -0.2) is 4.79 Å². The lowest BCUT2D eigenvalue weighted by Gasteiger charge is -2.36. The van der Waals surface area contributed by atoms with Crippen LogP contribution in [0.15, 0.2) is 91.0 Å². The molecule has 2 N–H and O–H groups in total. The number of hydrogen-bond acceptors (Lipinski definition) is 4. The van der Waals surface area contributed by atoms with Gasteiger partial charge in [0.15, 0.2) is 0 Å². The normalized spacial score (nSPS) is 12.9. The van der Waals surface area contributed by atoms with Crippen molar-refractivity contribution >= 4 is 17.8 Å². The molecule has 1 amide bonds. The number of esters is 1. The third kappa shape index (κ3) is 6.15. The van der Waals surface area contributed by atoms with Crippen LogP contribution in [0.1, 0.15) is 43.4 Å². The minimum Gasteiger partial charge on any atom is -0.480 e. The highest BCUT2D eigenvalue weighted by atomic mass is 16.5. The van der Waals surface area contributed by atoms with Crippen LogP contribution in [0.5, 0.6) is 0 Å². The molecule has 0 unspecified atom stereocenters. The van der Waals surface area contributed by atoms with E-state index in [2.05, 4.69) is 5.32 Å². The van der Waals surface area contributed by atoms with E-state index in [-0.39, 0.29) is 19.4 Å². The molecule has 0 aliphatic carbocycles. The van der Waals surface area contributed by atoms with Crippen molar-refractivity contribution in [2.75, 3.05) is 6.61 Å². The Bertz CT molecular complexity index is 1020. The third-order valence-electron chi connectivity index (χ3n) is 6.14. The number of aliphatic carboxylic acids is 1. The van der Waals surface area contributed by atoms with Crippen molar-refractivity contribution in [2.45, 2.75) is 38.1 Å². The monoisotopic (exact) mass is 473 g/mol. The Balaban J connectivity index is 2.00. The Labute approximate surface area is 206 Å². The van der Waals surface area contributed by atoms with Crippen molar-refractivity contribution < 1.29 is 24.2 Å². The molecule has 0 aliphatic rings. The van der Waals surface area contributed by atoms with Crippen molar-refractivity contribution in [3.05, 3.63) is 108 Å². The van der Waals surface area contributed by atoms with E-state index in [1.165, 1.54) is 0 Å². The minimum absolute atomic E-state index is 0.0113. The van der Waals surface area contributed by atoms with E-state index in [1.807, 2.05) is 91.0 Å². The molecule has 182 valence electrons. The number of amides is 1. The fourth-order valence-electron chi connectivity index (χ4n) is 4.42. The average molecular weight is 474 g/mol. The maximum Gasteiger partial charge on any atom is 0.326 e. The molecule has 0 aromatic heterocycles. The Morgan fingerprint density at radius 3 is 1.63 bits per heavy atom. The fourth-order valence-corrected chi connectivity index (χ4v) is 4.42. The van der Waals surface area contributed by atoms with Gasteiger partial charge in [0.05, 0.1) is 17.9 Å². The molecule has 0 radical (unpaired) electrons. The lowest BCUT2D eigenvalue weighted by atomic mass is 9.67. The fraction of sp³-hybridized carbons (Fsp3) is 0.276. The van der Waals surface area contributed by atoms with Crippen LogP contribution in [0.3, 0.4) is 0 Å². The molecule has 0 spiro atoms. The summed E-state index contributed by atoms with van der Waals surface area (Å²) in [6, 6.07) is 27.9. The van der Waals surface area contributed by atoms with Gasteiger partial charge >= 0.3 is 11.9 Å². The van der Waals surface area contributed by atoms with E-state index in [4.69, 9.17) is 4.74 Å². The maximum absolute atomic E-state index is 13.5.